The van der Waals surface area contributed by atoms with Crippen molar-refractivity contribution < 1.29 is 18.7 Å². The van der Waals surface area contributed by atoms with E-state index in [1.807, 2.05) is 0 Å². The van der Waals surface area contributed by atoms with Gasteiger partial charge in [0.05, 0.1) is 19.0 Å². The van der Waals surface area contributed by atoms with Gasteiger partial charge in [-0.2, -0.15) is 0 Å². The first-order chi connectivity index (χ1) is 8.32. The van der Waals surface area contributed by atoms with Crippen LogP contribution < -0.4 is 4.90 Å². The number of nitrogens with zero attached hydrogens (tertiary/aromatic N) is 2. The minimum Gasteiger partial charge on any atom is -0.465 e. The molecule has 8 heteroatoms. The standard InChI is InChI=1S/C10H7Br2FN2O3/c1-15-6-5(8(16)18-2)4(13)3-14-7(6)10(11,12)9(15)17/h3H,1-2H3. The van der Waals surface area contributed by atoms with Crippen molar-refractivity contribution in [2.75, 3.05) is 19.1 Å². The highest BCUT2D eigenvalue weighted by Crippen LogP contribution is 2.50. The fourth-order valence-electron chi connectivity index (χ4n) is 1.74. The second kappa shape index (κ2) is 4.27. The van der Waals surface area contributed by atoms with Gasteiger partial charge in [-0.25, -0.2) is 9.18 Å². The molecule has 0 aromatic carbocycles. The average molecular weight is 382 g/mol. The van der Waals surface area contributed by atoms with Gasteiger partial charge in [0.15, 0.2) is 5.82 Å². The fraction of sp³-hybridized carbons (Fsp3) is 0.300. The van der Waals surface area contributed by atoms with Crippen LogP contribution in [0.3, 0.4) is 0 Å². The summed E-state index contributed by atoms with van der Waals surface area (Å²) in [5, 5.41) is 0. The van der Waals surface area contributed by atoms with Gasteiger partial charge in [0, 0.05) is 7.05 Å². The lowest BCUT2D eigenvalue weighted by molar-refractivity contribution is -0.117. The predicted molar refractivity (Wildman–Crippen MR) is 68.5 cm³/mol. The molecule has 0 N–H and O–H groups in total. The smallest absolute Gasteiger partial charge is 0.343 e. The summed E-state index contributed by atoms with van der Waals surface area (Å²) in [4.78, 5) is 28.6. The van der Waals surface area contributed by atoms with Gasteiger partial charge in [-0.05, 0) is 0 Å². The number of methoxy groups -OCH3 is 1. The monoisotopic (exact) mass is 380 g/mol. The molecular formula is C10H7Br2FN2O3. The molecule has 1 aliphatic heterocycles. The molecule has 2 heterocycles. The van der Waals surface area contributed by atoms with E-state index in [1.54, 1.807) is 0 Å². The Bertz CT molecular complexity index is 562. The highest BCUT2D eigenvalue weighted by Gasteiger charge is 2.50. The Balaban J connectivity index is 2.78. The Morgan fingerprint density at radius 2 is 2.17 bits per heavy atom. The zero-order chi connectivity index (χ0) is 13.7. The number of halogens is 3. The number of alkyl halides is 2. The number of esters is 1. The molecule has 0 saturated carbocycles. The number of ether oxygens (including phenoxy) is 1. The van der Waals surface area contributed by atoms with Gasteiger partial charge in [-0.3, -0.25) is 9.78 Å². The zero-order valence-corrected chi connectivity index (χ0v) is 12.5. The number of rotatable bonds is 1. The fourth-order valence-corrected chi connectivity index (χ4v) is 2.86. The van der Waals surface area contributed by atoms with E-state index in [9.17, 15) is 14.0 Å². The summed E-state index contributed by atoms with van der Waals surface area (Å²) in [6.07, 6.45) is 0.884. The van der Waals surface area contributed by atoms with E-state index < -0.39 is 20.9 Å². The molecule has 96 valence electrons. The minimum atomic E-state index is -1.25. The molecule has 0 unspecified atom stereocenters. The summed E-state index contributed by atoms with van der Waals surface area (Å²) in [6.45, 7) is 0. The van der Waals surface area contributed by atoms with Crippen LogP contribution in [0.25, 0.3) is 0 Å². The van der Waals surface area contributed by atoms with E-state index in [4.69, 9.17) is 0 Å². The molecule has 2 rings (SSSR count). The van der Waals surface area contributed by atoms with Crippen LogP contribution in [-0.2, 0) is 12.8 Å². The maximum absolute atomic E-state index is 13.7. The number of carbonyl (C=O) groups is 2. The Morgan fingerprint density at radius 3 is 2.72 bits per heavy atom. The third kappa shape index (κ3) is 1.66. The molecule has 0 fully saturated rings. The molecule has 18 heavy (non-hydrogen) atoms. The first-order valence-electron chi connectivity index (χ1n) is 4.75. The number of hydrogen-bond donors (Lipinski definition) is 0. The van der Waals surface area contributed by atoms with Crippen molar-refractivity contribution in [1.82, 2.24) is 4.98 Å². The van der Waals surface area contributed by atoms with Gasteiger partial charge in [-0.1, -0.05) is 31.9 Å². The number of hydrogen-bond acceptors (Lipinski definition) is 4. The lowest BCUT2D eigenvalue weighted by Crippen LogP contribution is -2.29. The summed E-state index contributed by atoms with van der Waals surface area (Å²) in [6, 6.07) is 0. The minimum absolute atomic E-state index is 0.0978. The summed E-state index contributed by atoms with van der Waals surface area (Å²) in [5.74, 6) is -2.10. The summed E-state index contributed by atoms with van der Waals surface area (Å²) in [7, 11) is 2.57. The van der Waals surface area contributed by atoms with Gasteiger partial charge in [0.1, 0.15) is 11.3 Å². The number of pyridine rings is 1. The number of carbonyl (C=O) groups excluding carboxylic acids is 2. The Morgan fingerprint density at radius 1 is 1.56 bits per heavy atom. The lowest BCUT2D eigenvalue weighted by Gasteiger charge is -2.13. The van der Waals surface area contributed by atoms with Crippen LogP contribution in [0.15, 0.2) is 6.20 Å². The van der Waals surface area contributed by atoms with E-state index in [2.05, 4.69) is 41.6 Å². The third-order valence-corrected chi connectivity index (χ3v) is 4.03. The van der Waals surface area contributed by atoms with Crippen molar-refractivity contribution in [3.05, 3.63) is 23.3 Å². The molecule has 1 amide bonds. The zero-order valence-electron chi connectivity index (χ0n) is 9.33. The quantitative estimate of drug-likeness (QED) is 0.551. The van der Waals surface area contributed by atoms with Crippen LogP contribution >= 0.6 is 31.9 Å². The van der Waals surface area contributed by atoms with Gasteiger partial charge in [0.2, 0.25) is 3.23 Å². The van der Waals surface area contributed by atoms with E-state index in [-0.39, 0.29) is 16.9 Å². The highest BCUT2D eigenvalue weighted by molar-refractivity contribution is 9.25. The molecule has 0 saturated heterocycles. The Labute approximate surface area is 119 Å². The van der Waals surface area contributed by atoms with Gasteiger partial charge < -0.3 is 9.64 Å². The first-order valence-corrected chi connectivity index (χ1v) is 6.34. The number of amides is 1. The number of fused-ring (bicyclic) bond motifs is 1. The van der Waals surface area contributed by atoms with Gasteiger partial charge in [0.25, 0.3) is 5.91 Å². The van der Waals surface area contributed by atoms with Gasteiger partial charge in [-0.15, -0.1) is 0 Å². The number of likely N-dealkylation sites (N-methyl/N-ethyl adjacent to an activating group) is 1. The van der Waals surface area contributed by atoms with E-state index >= 15 is 0 Å². The van der Waals surface area contributed by atoms with E-state index in [0.717, 1.165) is 18.2 Å². The van der Waals surface area contributed by atoms with Crippen LogP contribution in [-0.4, -0.2) is 31.0 Å². The molecule has 0 atom stereocenters. The van der Waals surface area contributed by atoms with Crippen LogP contribution in [0.4, 0.5) is 10.1 Å². The molecule has 0 radical (unpaired) electrons. The average Bonchev–Trinajstić information content (AvgIpc) is 2.50. The second-order valence-electron chi connectivity index (χ2n) is 3.61. The molecule has 0 spiro atoms. The molecule has 0 aliphatic carbocycles. The third-order valence-electron chi connectivity index (χ3n) is 2.60. The van der Waals surface area contributed by atoms with Crippen molar-refractivity contribution >= 4 is 49.4 Å². The molecule has 1 aromatic heterocycles. The summed E-state index contributed by atoms with van der Waals surface area (Å²) >= 11 is 6.33. The molecule has 1 aliphatic rings. The Kier molecular flexibility index (Phi) is 3.18. The normalized spacial score (nSPS) is 16.7. The molecule has 1 aromatic rings. The molecular weight excluding hydrogens is 375 g/mol. The number of anilines is 1. The van der Waals surface area contributed by atoms with Crippen molar-refractivity contribution in [3.63, 3.8) is 0 Å². The highest BCUT2D eigenvalue weighted by atomic mass is 79.9. The molecule has 0 bridgehead atoms. The van der Waals surface area contributed by atoms with E-state index in [1.165, 1.54) is 7.05 Å². The van der Waals surface area contributed by atoms with Crippen LogP contribution in [0, 0.1) is 5.82 Å². The van der Waals surface area contributed by atoms with Crippen LogP contribution in [0.1, 0.15) is 16.1 Å². The predicted octanol–water partition coefficient (Wildman–Crippen LogP) is 1.93. The van der Waals surface area contributed by atoms with Crippen molar-refractivity contribution in [1.29, 1.82) is 0 Å². The number of aromatic nitrogens is 1. The van der Waals surface area contributed by atoms with E-state index in [0.29, 0.717) is 0 Å². The lowest BCUT2D eigenvalue weighted by atomic mass is 10.1. The Hall–Kier alpha value is -1.02. The van der Waals surface area contributed by atoms with Crippen LogP contribution in [0.2, 0.25) is 0 Å². The molecule has 5 nitrogen and oxygen atoms in total. The second-order valence-corrected chi connectivity index (χ2v) is 7.05. The van der Waals surface area contributed by atoms with Crippen molar-refractivity contribution in [2.45, 2.75) is 3.23 Å². The van der Waals surface area contributed by atoms with Crippen LogP contribution in [0.5, 0.6) is 0 Å². The maximum Gasteiger partial charge on any atom is 0.343 e. The topological polar surface area (TPSA) is 59.5 Å². The summed E-state index contributed by atoms with van der Waals surface area (Å²) in [5.41, 5.74) is 0.0107. The SMILES string of the molecule is COC(=O)c1c(F)cnc2c1N(C)C(=O)C2(Br)Br. The van der Waals surface area contributed by atoms with Crippen molar-refractivity contribution in [3.8, 4) is 0 Å². The largest absolute Gasteiger partial charge is 0.465 e. The van der Waals surface area contributed by atoms with Gasteiger partial charge >= 0.3 is 5.97 Å². The van der Waals surface area contributed by atoms with Crippen molar-refractivity contribution in [2.24, 2.45) is 0 Å². The summed E-state index contributed by atoms with van der Waals surface area (Å²) < 4.78 is 17.0. The maximum atomic E-state index is 13.7. The first kappa shape index (κ1) is 13.4.